The third-order valence-corrected chi connectivity index (χ3v) is 1.21. The fourth-order valence-electron chi connectivity index (χ4n) is 0.706. The predicted molar refractivity (Wildman–Crippen MR) is 34.6 cm³/mol. The summed E-state index contributed by atoms with van der Waals surface area (Å²) in [6.07, 6.45) is -0.266. The molecule has 1 heterocycles. The Hall–Kier alpha value is -1.06. The van der Waals surface area contributed by atoms with Gasteiger partial charge in [-0.15, -0.1) is 0 Å². The van der Waals surface area contributed by atoms with E-state index in [1.165, 1.54) is 6.92 Å². The lowest BCUT2D eigenvalue weighted by atomic mass is 10.3. The third kappa shape index (κ3) is 1.46. The molecule has 56 valence electrons. The highest BCUT2D eigenvalue weighted by atomic mass is 16.7. The number of rotatable bonds is 1. The zero-order chi connectivity index (χ0) is 7.56. The number of esters is 1. The maximum atomic E-state index is 10.4. The van der Waals surface area contributed by atoms with Crippen molar-refractivity contribution in [1.29, 1.82) is 0 Å². The summed E-state index contributed by atoms with van der Waals surface area (Å²) in [6.45, 7) is 3.48. The molecule has 10 heavy (non-hydrogen) atoms. The number of nitrogens with zero attached hydrogens (tertiary/aromatic N) is 1. The molecule has 1 aliphatic rings. The molecule has 4 nitrogen and oxygen atoms in total. The van der Waals surface area contributed by atoms with Crippen molar-refractivity contribution in [2.45, 2.75) is 20.0 Å². The van der Waals surface area contributed by atoms with Gasteiger partial charge in [0, 0.05) is 6.92 Å². The highest BCUT2D eigenvalue weighted by Gasteiger charge is 2.21. The van der Waals surface area contributed by atoms with E-state index in [-0.39, 0.29) is 12.1 Å². The summed E-state index contributed by atoms with van der Waals surface area (Å²) in [4.78, 5) is 15.1. The second-order valence-corrected chi connectivity index (χ2v) is 2.13. The molecule has 4 heteroatoms. The van der Waals surface area contributed by atoms with Gasteiger partial charge >= 0.3 is 5.97 Å². The Morgan fingerprint density at radius 2 is 2.60 bits per heavy atom. The van der Waals surface area contributed by atoms with E-state index >= 15 is 0 Å². The first kappa shape index (κ1) is 7.05. The number of ether oxygens (including phenoxy) is 1. The molecule has 1 atom stereocenters. The highest BCUT2D eigenvalue weighted by Crippen LogP contribution is 2.05. The molecule has 0 spiro atoms. The second kappa shape index (κ2) is 2.68. The predicted octanol–water partition coefficient (Wildman–Crippen LogP) is 0.324. The summed E-state index contributed by atoms with van der Waals surface area (Å²) < 4.78 is 4.83. The SMILES string of the molecule is CC(=O)OC1CON=C1C. The third-order valence-electron chi connectivity index (χ3n) is 1.21. The van der Waals surface area contributed by atoms with Crippen LogP contribution in [0.15, 0.2) is 5.16 Å². The van der Waals surface area contributed by atoms with Crippen molar-refractivity contribution in [3.05, 3.63) is 0 Å². The minimum absolute atomic E-state index is 0.266. The molecule has 0 aromatic carbocycles. The summed E-state index contributed by atoms with van der Waals surface area (Å²) in [5.74, 6) is -0.301. The molecular weight excluding hydrogens is 134 g/mol. The van der Waals surface area contributed by atoms with Crippen LogP contribution in [0.2, 0.25) is 0 Å². The molecule has 0 aliphatic carbocycles. The van der Waals surface area contributed by atoms with E-state index in [1.54, 1.807) is 6.92 Å². The molecule has 1 aliphatic heterocycles. The lowest BCUT2D eigenvalue weighted by Gasteiger charge is -2.06. The van der Waals surface area contributed by atoms with Crippen molar-refractivity contribution >= 4 is 11.7 Å². The molecule has 0 amide bonds. The zero-order valence-electron chi connectivity index (χ0n) is 5.96. The molecule has 1 unspecified atom stereocenters. The number of oxime groups is 1. The molecule has 0 aromatic rings. The molecule has 0 N–H and O–H groups in total. The summed E-state index contributed by atoms with van der Waals surface area (Å²) in [6, 6.07) is 0. The van der Waals surface area contributed by atoms with Gasteiger partial charge < -0.3 is 9.57 Å². The minimum Gasteiger partial charge on any atom is -0.452 e. The fraction of sp³-hybridized carbons (Fsp3) is 0.667. The van der Waals surface area contributed by atoms with E-state index in [0.717, 1.165) is 5.71 Å². The van der Waals surface area contributed by atoms with Crippen LogP contribution in [0.3, 0.4) is 0 Å². The van der Waals surface area contributed by atoms with Crippen LogP contribution in [0.25, 0.3) is 0 Å². The first-order valence-corrected chi connectivity index (χ1v) is 3.04. The van der Waals surface area contributed by atoms with E-state index in [1.807, 2.05) is 0 Å². The van der Waals surface area contributed by atoms with Crippen LogP contribution in [0.4, 0.5) is 0 Å². The summed E-state index contributed by atoms with van der Waals surface area (Å²) in [5.41, 5.74) is 0.718. The van der Waals surface area contributed by atoms with Crippen LogP contribution in [0.1, 0.15) is 13.8 Å². The van der Waals surface area contributed by atoms with Crippen molar-refractivity contribution in [3.8, 4) is 0 Å². The first-order valence-electron chi connectivity index (χ1n) is 3.04. The van der Waals surface area contributed by atoms with Gasteiger partial charge in [0.15, 0.2) is 12.7 Å². The Balaban J connectivity index is 2.43. The standard InChI is InChI=1S/C6H9NO3/c1-4-6(3-9-7-4)10-5(2)8/h6H,3H2,1-2H3. The normalized spacial score (nSPS) is 23.4. The number of carbonyl (C=O) groups is 1. The van der Waals surface area contributed by atoms with Crippen molar-refractivity contribution in [3.63, 3.8) is 0 Å². The van der Waals surface area contributed by atoms with E-state index in [2.05, 4.69) is 9.99 Å². The molecule has 0 fully saturated rings. The van der Waals surface area contributed by atoms with Crippen LogP contribution in [-0.4, -0.2) is 24.4 Å². The topological polar surface area (TPSA) is 47.9 Å². The zero-order valence-corrected chi connectivity index (χ0v) is 5.96. The van der Waals surface area contributed by atoms with Gasteiger partial charge in [-0.3, -0.25) is 4.79 Å². The average molecular weight is 143 g/mol. The van der Waals surface area contributed by atoms with E-state index in [0.29, 0.717) is 6.61 Å². The largest absolute Gasteiger partial charge is 0.452 e. The van der Waals surface area contributed by atoms with Gasteiger partial charge in [0.1, 0.15) is 0 Å². The summed E-state index contributed by atoms with van der Waals surface area (Å²) in [7, 11) is 0. The maximum absolute atomic E-state index is 10.4. The summed E-state index contributed by atoms with van der Waals surface area (Å²) >= 11 is 0. The highest BCUT2D eigenvalue weighted by molar-refractivity contribution is 5.88. The van der Waals surface area contributed by atoms with E-state index in [9.17, 15) is 4.79 Å². The smallest absolute Gasteiger partial charge is 0.303 e. The van der Waals surface area contributed by atoms with Gasteiger partial charge in [-0.2, -0.15) is 0 Å². The first-order chi connectivity index (χ1) is 4.70. The number of hydrogen-bond acceptors (Lipinski definition) is 4. The van der Waals surface area contributed by atoms with Crippen molar-refractivity contribution in [2.24, 2.45) is 5.16 Å². The molecule has 0 saturated carbocycles. The van der Waals surface area contributed by atoms with Crippen LogP contribution < -0.4 is 0 Å². The lowest BCUT2D eigenvalue weighted by molar-refractivity contribution is -0.144. The summed E-state index contributed by atoms with van der Waals surface area (Å²) in [5, 5.41) is 3.61. The molecular formula is C6H9NO3. The Labute approximate surface area is 58.8 Å². The van der Waals surface area contributed by atoms with Gasteiger partial charge in [0.25, 0.3) is 0 Å². The Morgan fingerprint density at radius 1 is 1.90 bits per heavy atom. The van der Waals surface area contributed by atoms with Crippen LogP contribution in [0.5, 0.6) is 0 Å². The molecule has 0 aromatic heterocycles. The molecule has 0 saturated heterocycles. The Bertz CT molecular complexity index is 176. The van der Waals surface area contributed by atoms with E-state index < -0.39 is 0 Å². The molecule has 1 rings (SSSR count). The Morgan fingerprint density at radius 3 is 3.00 bits per heavy atom. The number of hydrogen-bond donors (Lipinski definition) is 0. The van der Waals surface area contributed by atoms with Gasteiger partial charge in [-0.25, -0.2) is 0 Å². The van der Waals surface area contributed by atoms with Crippen molar-refractivity contribution in [2.75, 3.05) is 6.61 Å². The van der Waals surface area contributed by atoms with Gasteiger partial charge in [0.05, 0.1) is 5.71 Å². The lowest BCUT2D eigenvalue weighted by Crippen LogP contribution is -2.23. The fourth-order valence-corrected chi connectivity index (χ4v) is 0.706. The quantitative estimate of drug-likeness (QED) is 0.497. The van der Waals surface area contributed by atoms with Crippen LogP contribution in [0, 0.1) is 0 Å². The van der Waals surface area contributed by atoms with Crippen LogP contribution >= 0.6 is 0 Å². The second-order valence-electron chi connectivity index (χ2n) is 2.13. The Kier molecular flexibility index (Phi) is 1.89. The van der Waals surface area contributed by atoms with Gasteiger partial charge in [-0.1, -0.05) is 5.16 Å². The van der Waals surface area contributed by atoms with Gasteiger partial charge in [0.2, 0.25) is 0 Å². The number of carbonyl (C=O) groups excluding carboxylic acids is 1. The monoisotopic (exact) mass is 143 g/mol. The average Bonchev–Trinajstić information content (AvgIpc) is 2.15. The van der Waals surface area contributed by atoms with Crippen molar-refractivity contribution < 1.29 is 14.4 Å². The van der Waals surface area contributed by atoms with Crippen molar-refractivity contribution in [1.82, 2.24) is 0 Å². The molecule has 0 bridgehead atoms. The van der Waals surface area contributed by atoms with Crippen LogP contribution in [-0.2, 0) is 14.4 Å². The minimum atomic E-state index is -0.301. The van der Waals surface area contributed by atoms with E-state index in [4.69, 9.17) is 4.74 Å². The van der Waals surface area contributed by atoms with Gasteiger partial charge in [-0.05, 0) is 6.92 Å². The molecule has 0 radical (unpaired) electrons. The maximum Gasteiger partial charge on any atom is 0.303 e.